The highest BCUT2D eigenvalue weighted by Gasteiger charge is 2.21. The van der Waals surface area contributed by atoms with Gasteiger partial charge in [0.05, 0.1) is 11.8 Å². The normalized spacial score (nSPS) is 17.4. The van der Waals surface area contributed by atoms with Crippen molar-refractivity contribution >= 4 is 5.82 Å². The second-order valence-electron chi connectivity index (χ2n) is 6.02. The number of nitrogens with one attached hydrogen (secondary N) is 1. The average Bonchev–Trinajstić information content (AvgIpc) is 3.00. The smallest absolute Gasteiger partial charge is 0.175 e. The van der Waals surface area contributed by atoms with E-state index in [0.29, 0.717) is 24.1 Å². The number of hydrogen-bond acceptors (Lipinski definition) is 5. The van der Waals surface area contributed by atoms with Crippen LogP contribution < -0.4 is 5.32 Å². The van der Waals surface area contributed by atoms with Gasteiger partial charge in [0.15, 0.2) is 5.82 Å². The molecule has 0 radical (unpaired) electrons. The lowest BCUT2D eigenvalue weighted by Crippen LogP contribution is -2.30. The van der Waals surface area contributed by atoms with Crippen LogP contribution in [0.25, 0.3) is 5.82 Å². The van der Waals surface area contributed by atoms with Gasteiger partial charge in [-0.3, -0.25) is 0 Å². The SMILES string of the molecule is Cc1ccn(-c2ccc(NCC(O)C3CCCCC3)nn2)n1. The van der Waals surface area contributed by atoms with Crippen LogP contribution in [-0.4, -0.2) is 37.7 Å². The van der Waals surface area contributed by atoms with E-state index in [1.165, 1.54) is 19.3 Å². The first kappa shape index (κ1) is 15.0. The molecule has 1 aliphatic carbocycles. The van der Waals surface area contributed by atoms with Gasteiger partial charge in [0.2, 0.25) is 0 Å². The topological polar surface area (TPSA) is 75.9 Å². The third-order valence-corrected chi connectivity index (χ3v) is 4.29. The zero-order chi connectivity index (χ0) is 15.4. The van der Waals surface area contributed by atoms with E-state index in [2.05, 4.69) is 20.6 Å². The fraction of sp³-hybridized carbons (Fsp3) is 0.562. The van der Waals surface area contributed by atoms with Crippen molar-refractivity contribution in [2.24, 2.45) is 5.92 Å². The van der Waals surface area contributed by atoms with Crippen LogP contribution in [0.4, 0.5) is 5.82 Å². The third kappa shape index (κ3) is 3.62. The molecule has 1 fully saturated rings. The van der Waals surface area contributed by atoms with Gasteiger partial charge in [0, 0.05) is 12.7 Å². The van der Waals surface area contributed by atoms with E-state index in [1.54, 1.807) is 4.68 Å². The molecule has 0 aromatic carbocycles. The first-order chi connectivity index (χ1) is 10.7. The van der Waals surface area contributed by atoms with E-state index < -0.39 is 0 Å². The summed E-state index contributed by atoms with van der Waals surface area (Å²) in [5, 5.41) is 26.0. The number of anilines is 1. The number of rotatable bonds is 5. The average molecular weight is 301 g/mol. The summed E-state index contributed by atoms with van der Waals surface area (Å²) in [7, 11) is 0. The molecular weight excluding hydrogens is 278 g/mol. The van der Waals surface area contributed by atoms with Crippen molar-refractivity contribution in [2.75, 3.05) is 11.9 Å². The predicted octanol–water partition coefficient (Wildman–Crippen LogP) is 2.32. The van der Waals surface area contributed by atoms with Gasteiger partial charge in [-0.25, -0.2) is 4.68 Å². The van der Waals surface area contributed by atoms with Gasteiger partial charge in [-0.15, -0.1) is 10.2 Å². The van der Waals surface area contributed by atoms with E-state index in [4.69, 9.17) is 0 Å². The van der Waals surface area contributed by atoms with Gasteiger partial charge in [-0.2, -0.15) is 5.10 Å². The Kier molecular flexibility index (Phi) is 4.68. The molecule has 22 heavy (non-hydrogen) atoms. The molecule has 6 nitrogen and oxygen atoms in total. The van der Waals surface area contributed by atoms with E-state index in [9.17, 15) is 5.11 Å². The molecule has 6 heteroatoms. The van der Waals surface area contributed by atoms with E-state index in [-0.39, 0.29) is 6.10 Å². The first-order valence-electron chi connectivity index (χ1n) is 8.01. The third-order valence-electron chi connectivity index (χ3n) is 4.29. The van der Waals surface area contributed by atoms with Crippen molar-refractivity contribution < 1.29 is 5.11 Å². The monoisotopic (exact) mass is 301 g/mol. The second-order valence-corrected chi connectivity index (χ2v) is 6.02. The number of aliphatic hydroxyl groups excluding tert-OH is 1. The zero-order valence-corrected chi connectivity index (χ0v) is 12.9. The minimum Gasteiger partial charge on any atom is -0.391 e. The van der Waals surface area contributed by atoms with Crippen molar-refractivity contribution in [3.8, 4) is 5.82 Å². The Hall–Kier alpha value is -1.95. The summed E-state index contributed by atoms with van der Waals surface area (Å²) in [6, 6.07) is 5.66. The van der Waals surface area contributed by atoms with Gasteiger partial charge < -0.3 is 10.4 Å². The maximum absolute atomic E-state index is 10.2. The highest BCUT2D eigenvalue weighted by Crippen LogP contribution is 2.26. The summed E-state index contributed by atoms with van der Waals surface area (Å²) >= 11 is 0. The molecule has 1 aliphatic rings. The maximum Gasteiger partial charge on any atom is 0.175 e. The van der Waals surface area contributed by atoms with E-state index >= 15 is 0 Å². The Bertz CT molecular complexity index is 589. The molecule has 1 saturated carbocycles. The minimum atomic E-state index is -0.310. The molecule has 0 spiro atoms. The summed E-state index contributed by atoms with van der Waals surface area (Å²) in [6.07, 6.45) is 7.59. The number of aliphatic hydroxyl groups is 1. The summed E-state index contributed by atoms with van der Waals surface area (Å²) in [5.74, 6) is 1.79. The van der Waals surface area contributed by atoms with Gasteiger partial charge in [-0.1, -0.05) is 19.3 Å². The van der Waals surface area contributed by atoms with Gasteiger partial charge in [-0.05, 0) is 43.9 Å². The molecule has 2 N–H and O–H groups in total. The van der Waals surface area contributed by atoms with Crippen LogP contribution in [0.1, 0.15) is 37.8 Å². The first-order valence-corrected chi connectivity index (χ1v) is 8.01. The second kappa shape index (κ2) is 6.87. The van der Waals surface area contributed by atoms with Crippen molar-refractivity contribution in [3.63, 3.8) is 0 Å². The molecule has 2 aromatic heterocycles. The van der Waals surface area contributed by atoms with Crippen molar-refractivity contribution in [3.05, 3.63) is 30.1 Å². The lowest BCUT2D eigenvalue weighted by Gasteiger charge is -2.26. The molecule has 0 bridgehead atoms. The highest BCUT2D eigenvalue weighted by atomic mass is 16.3. The largest absolute Gasteiger partial charge is 0.391 e. The maximum atomic E-state index is 10.2. The Balaban J connectivity index is 1.54. The molecule has 1 atom stereocenters. The van der Waals surface area contributed by atoms with Crippen LogP contribution in [0.5, 0.6) is 0 Å². The number of aryl methyl sites for hydroxylation is 1. The minimum absolute atomic E-state index is 0.310. The van der Waals surface area contributed by atoms with Gasteiger partial charge >= 0.3 is 0 Å². The molecule has 0 amide bonds. The van der Waals surface area contributed by atoms with Crippen molar-refractivity contribution in [2.45, 2.75) is 45.1 Å². The van der Waals surface area contributed by atoms with E-state index in [0.717, 1.165) is 18.5 Å². The van der Waals surface area contributed by atoms with Crippen molar-refractivity contribution in [1.82, 2.24) is 20.0 Å². The summed E-state index contributed by atoms with van der Waals surface area (Å²) in [6.45, 7) is 2.46. The lowest BCUT2D eigenvalue weighted by molar-refractivity contribution is 0.0955. The van der Waals surface area contributed by atoms with Crippen LogP contribution in [0.3, 0.4) is 0 Å². The van der Waals surface area contributed by atoms with E-state index in [1.807, 2.05) is 31.3 Å². The Morgan fingerprint density at radius 2 is 2.05 bits per heavy atom. The molecule has 2 aromatic rings. The fourth-order valence-electron chi connectivity index (χ4n) is 2.98. The Morgan fingerprint density at radius 1 is 1.23 bits per heavy atom. The molecular formula is C16H23N5O. The summed E-state index contributed by atoms with van der Waals surface area (Å²) < 4.78 is 1.70. The molecule has 2 heterocycles. The highest BCUT2D eigenvalue weighted by molar-refractivity contribution is 5.36. The lowest BCUT2D eigenvalue weighted by atomic mass is 9.85. The van der Waals surface area contributed by atoms with Crippen LogP contribution in [0.15, 0.2) is 24.4 Å². The molecule has 0 saturated heterocycles. The Labute approximate surface area is 130 Å². The quantitative estimate of drug-likeness (QED) is 0.886. The molecule has 118 valence electrons. The summed E-state index contributed by atoms with van der Waals surface area (Å²) in [5.41, 5.74) is 0.944. The van der Waals surface area contributed by atoms with Crippen LogP contribution in [-0.2, 0) is 0 Å². The van der Waals surface area contributed by atoms with Crippen LogP contribution in [0.2, 0.25) is 0 Å². The Morgan fingerprint density at radius 3 is 2.68 bits per heavy atom. The summed E-state index contributed by atoms with van der Waals surface area (Å²) in [4.78, 5) is 0. The van der Waals surface area contributed by atoms with Crippen LogP contribution in [0, 0.1) is 12.8 Å². The van der Waals surface area contributed by atoms with Crippen LogP contribution >= 0.6 is 0 Å². The number of aromatic nitrogens is 4. The zero-order valence-electron chi connectivity index (χ0n) is 12.9. The fourth-order valence-corrected chi connectivity index (χ4v) is 2.98. The molecule has 3 rings (SSSR count). The van der Waals surface area contributed by atoms with Gasteiger partial charge in [0.1, 0.15) is 5.82 Å². The molecule has 1 unspecified atom stereocenters. The molecule has 0 aliphatic heterocycles. The number of nitrogens with zero attached hydrogens (tertiary/aromatic N) is 4. The standard InChI is InChI=1S/C16H23N5O/c1-12-9-10-21(20-12)16-8-7-15(18-19-16)17-11-14(22)13-5-3-2-4-6-13/h7-10,13-14,22H,2-6,11H2,1H3,(H,17,18). The van der Waals surface area contributed by atoms with Crippen molar-refractivity contribution in [1.29, 1.82) is 0 Å². The van der Waals surface area contributed by atoms with Gasteiger partial charge in [0.25, 0.3) is 0 Å². The number of hydrogen-bond donors (Lipinski definition) is 2. The predicted molar refractivity (Wildman–Crippen MR) is 85.0 cm³/mol.